The molecule has 0 heterocycles. The van der Waals surface area contributed by atoms with E-state index in [2.05, 4.69) is 51.7 Å². The summed E-state index contributed by atoms with van der Waals surface area (Å²) >= 11 is 2.05. The van der Waals surface area contributed by atoms with Crippen molar-refractivity contribution in [1.82, 2.24) is 5.32 Å². The third-order valence-electron chi connectivity index (χ3n) is 2.48. The van der Waals surface area contributed by atoms with Gasteiger partial charge in [0.2, 0.25) is 0 Å². The minimum atomic E-state index is 0.396. The first-order valence-corrected chi connectivity index (χ1v) is 6.99. The molecular formula is C12H27NS. The van der Waals surface area contributed by atoms with Crippen LogP contribution in [0, 0.1) is 5.41 Å². The molecule has 0 aliphatic rings. The molecule has 0 aromatic carbocycles. The Morgan fingerprint density at radius 3 is 2.29 bits per heavy atom. The minimum absolute atomic E-state index is 0.396. The molecule has 0 fully saturated rings. The molecule has 0 saturated carbocycles. The fourth-order valence-corrected chi connectivity index (χ4v) is 2.28. The molecule has 2 heteroatoms. The molecular weight excluding hydrogens is 190 g/mol. The molecule has 0 bridgehead atoms. The maximum atomic E-state index is 3.59. The van der Waals surface area contributed by atoms with Gasteiger partial charge in [0.25, 0.3) is 0 Å². The van der Waals surface area contributed by atoms with Crippen LogP contribution >= 0.6 is 11.8 Å². The first-order valence-electron chi connectivity index (χ1n) is 5.83. The van der Waals surface area contributed by atoms with E-state index in [4.69, 9.17) is 0 Å². The van der Waals surface area contributed by atoms with Crippen LogP contribution in [-0.4, -0.2) is 24.1 Å². The van der Waals surface area contributed by atoms with E-state index in [-0.39, 0.29) is 0 Å². The van der Waals surface area contributed by atoms with E-state index < -0.39 is 0 Å². The van der Waals surface area contributed by atoms with Gasteiger partial charge in [-0.05, 0) is 36.3 Å². The standard InChI is InChI=1S/C12H27NS/c1-6-13-11(12(3,4)5)9-8-10-14-7-2/h11,13H,6-10H2,1-5H3. The van der Waals surface area contributed by atoms with Crippen molar-refractivity contribution in [1.29, 1.82) is 0 Å². The van der Waals surface area contributed by atoms with E-state index in [1.54, 1.807) is 0 Å². The molecule has 1 atom stereocenters. The highest BCUT2D eigenvalue weighted by Gasteiger charge is 2.22. The zero-order chi connectivity index (χ0) is 11.0. The Balaban J connectivity index is 3.74. The van der Waals surface area contributed by atoms with Gasteiger partial charge in [0, 0.05) is 6.04 Å². The molecule has 0 saturated heterocycles. The van der Waals surface area contributed by atoms with E-state index in [1.165, 1.54) is 24.3 Å². The topological polar surface area (TPSA) is 12.0 Å². The Hall–Kier alpha value is 0.310. The van der Waals surface area contributed by atoms with Gasteiger partial charge < -0.3 is 5.32 Å². The number of hydrogen-bond donors (Lipinski definition) is 1. The van der Waals surface area contributed by atoms with Gasteiger partial charge in [0.05, 0.1) is 0 Å². The molecule has 0 radical (unpaired) electrons. The molecule has 0 aromatic heterocycles. The van der Waals surface area contributed by atoms with Crippen molar-refractivity contribution in [3.05, 3.63) is 0 Å². The molecule has 1 unspecified atom stereocenters. The SMILES string of the molecule is CCNC(CCCSCC)C(C)(C)C. The lowest BCUT2D eigenvalue weighted by atomic mass is 9.84. The Labute approximate surface area is 94.4 Å². The quantitative estimate of drug-likeness (QED) is 0.655. The highest BCUT2D eigenvalue weighted by atomic mass is 32.2. The highest BCUT2D eigenvalue weighted by Crippen LogP contribution is 2.23. The Kier molecular flexibility index (Phi) is 7.75. The fourth-order valence-electron chi connectivity index (χ4n) is 1.62. The minimum Gasteiger partial charge on any atom is -0.314 e. The van der Waals surface area contributed by atoms with E-state index in [0.29, 0.717) is 11.5 Å². The summed E-state index contributed by atoms with van der Waals surface area (Å²) in [6, 6.07) is 0.671. The lowest BCUT2D eigenvalue weighted by molar-refractivity contribution is 0.257. The van der Waals surface area contributed by atoms with E-state index in [1.807, 2.05) is 0 Å². The largest absolute Gasteiger partial charge is 0.314 e. The van der Waals surface area contributed by atoms with Crippen molar-refractivity contribution in [2.24, 2.45) is 5.41 Å². The van der Waals surface area contributed by atoms with Crippen LogP contribution in [0.15, 0.2) is 0 Å². The molecule has 0 aromatic rings. The lowest BCUT2D eigenvalue weighted by Gasteiger charge is -2.31. The summed E-state index contributed by atoms with van der Waals surface area (Å²) in [7, 11) is 0. The second-order valence-electron chi connectivity index (χ2n) is 4.82. The average Bonchev–Trinajstić information content (AvgIpc) is 2.08. The van der Waals surface area contributed by atoms with Crippen molar-refractivity contribution in [2.45, 2.75) is 53.5 Å². The smallest absolute Gasteiger partial charge is 0.0116 e. The van der Waals surface area contributed by atoms with E-state index in [9.17, 15) is 0 Å². The molecule has 14 heavy (non-hydrogen) atoms. The predicted molar refractivity (Wildman–Crippen MR) is 69.2 cm³/mol. The van der Waals surface area contributed by atoms with Gasteiger partial charge in [-0.15, -0.1) is 0 Å². The van der Waals surface area contributed by atoms with Gasteiger partial charge in [0.1, 0.15) is 0 Å². The second-order valence-corrected chi connectivity index (χ2v) is 6.21. The zero-order valence-corrected chi connectivity index (χ0v) is 11.3. The molecule has 0 rings (SSSR count). The van der Waals surface area contributed by atoms with Crippen LogP contribution in [-0.2, 0) is 0 Å². The maximum Gasteiger partial charge on any atom is 0.0116 e. The summed E-state index contributed by atoms with van der Waals surface area (Å²) in [5.41, 5.74) is 0.396. The first-order chi connectivity index (χ1) is 6.52. The summed E-state index contributed by atoms with van der Waals surface area (Å²) in [5.74, 6) is 2.57. The van der Waals surface area contributed by atoms with Crippen molar-refractivity contribution in [2.75, 3.05) is 18.1 Å². The summed E-state index contributed by atoms with van der Waals surface area (Å²) in [4.78, 5) is 0. The molecule has 0 spiro atoms. The van der Waals surface area contributed by atoms with Gasteiger partial charge in [-0.1, -0.05) is 34.6 Å². The molecule has 0 aliphatic carbocycles. The van der Waals surface area contributed by atoms with Crippen molar-refractivity contribution in [3.63, 3.8) is 0 Å². The van der Waals surface area contributed by atoms with E-state index in [0.717, 1.165) is 6.54 Å². The van der Waals surface area contributed by atoms with Crippen LogP contribution in [0.5, 0.6) is 0 Å². The van der Waals surface area contributed by atoms with Crippen LogP contribution in [0.1, 0.15) is 47.5 Å². The maximum absolute atomic E-state index is 3.59. The van der Waals surface area contributed by atoms with Gasteiger partial charge >= 0.3 is 0 Å². The Bertz CT molecular complexity index is 129. The van der Waals surface area contributed by atoms with Crippen LogP contribution in [0.25, 0.3) is 0 Å². The summed E-state index contributed by atoms with van der Waals surface area (Å²) in [5, 5.41) is 3.59. The second kappa shape index (κ2) is 7.58. The van der Waals surface area contributed by atoms with Gasteiger partial charge in [-0.2, -0.15) is 11.8 Å². The van der Waals surface area contributed by atoms with Gasteiger partial charge in [-0.3, -0.25) is 0 Å². The molecule has 86 valence electrons. The molecule has 1 N–H and O–H groups in total. The van der Waals surface area contributed by atoms with Crippen molar-refractivity contribution in [3.8, 4) is 0 Å². The summed E-state index contributed by atoms with van der Waals surface area (Å²) < 4.78 is 0. The third kappa shape index (κ3) is 6.72. The number of nitrogens with one attached hydrogen (secondary N) is 1. The lowest BCUT2D eigenvalue weighted by Crippen LogP contribution is -2.40. The normalized spacial score (nSPS) is 14.4. The van der Waals surface area contributed by atoms with Crippen LogP contribution in [0.4, 0.5) is 0 Å². The number of thioether (sulfide) groups is 1. The summed E-state index contributed by atoms with van der Waals surface area (Å²) in [6.45, 7) is 12.5. The molecule has 1 nitrogen and oxygen atoms in total. The third-order valence-corrected chi connectivity index (χ3v) is 3.47. The van der Waals surface area contributed by atoms with Crippen LogP contribution in [0.3, 0.4) is 0 Å². The molecule has 0 aliphatic heterocycles. The first kappa shape index (κ1) is 14.3. The fraction of sp³-hybridized carbons (Fsp3) is 1.00. The van der Waals surface area contributed by atoms with Gasteiger partial charge in [-0.25, -0.2) is 0 Å². The van der Waals surface area contributed by atoms with Crippen LogP contribution < -0.4 is 5.32 Å². The number of rotatable bonds is 7. The Morgan fingerprint density at radius 1 is 1.21 bits per heavy atom. The molecule has 0 amide bonds. The van der Waals surface area contributed by atoms with Crippen molar-refractivity contribution >= 4 is 11.8 Å². The Morgan fingerprint density at radius 2 is 1.86 bits per heavy atom. The highest BCUT2D eigenvalue weighted by molar-refractivity contribution is 7.99. The monoisotopic (exact) mass is 217 g/mol. The van der Waals surface area contributed by atoms with Gasteiger partial charge in [0.15, 0.2) is 0 Å². The average molecular weight is 217 g/mol. The summed E-state index contributed by atoms with van der Waals surface area (Å²) in [6.07, 6.45) is 2.65. The zero-order valence-electron chi connectivity index (χ0n) is 10.5. The van der Waals surface area contributed by atoms with Crippen molar-refractivity contribution < 1.29 is 0 Å². The van der Waals surface area contributed by atoms with E-state index >= 15 is 0 Å². The van der Waals surface area contributed by atoms with Crippen LogP contribution in [0.2, 0.25) is 0 Å². The number of hydrogen-bond acceptors (Lipinski definition) is 2. The predicted octanol–water partition coefficient (Wildman–Crippen LogP) is 3.54.